The van der Waals surface area contributed by atoms with Gasteiger partial charge in [-0.05, 0) is 30.2 Å². The molecular weight excluding hydrogens is 386 g/mol. The van der Waals surface area contributed by atoms with Gasteiger partial charge in [-0.1, -0.05) is 19.9 Å². The predicted octanol–water partition coefficient (Wildman–Crippen LogP) is 1.66. The Hall–Kier alpha value is -1.64. The first-order valence-electron chi connectivity index (χ1n) is 10.5. The molecule has 2 rings (SSSR count). The number of likely N-dealkylation sites (N-methyl/N-ethyl adjacent to an activating group) is 1. The molecule has 0 spiro atoms. The molecule has 0 aliphatic carbocycles. The standard InChI is InChI=1S/C21H37N5O2S/c1-17(2)14-18(26-9-11-28-12-10-26)15-23-21(24-16-20(27)25(3)4)22-8-7-19-6-5-13-29-19/h5-6,13,17-18H,7-12,14-16H2,1-4H3,(H2,22,23,24). The van der Waals surface area contributed by atoms with Crippen LogP contribution in [0.4, 0.5) is 0 Å². The Morgan fingerprint density at radius 2 is 2.07 bits per heavy atom. The third kappa shape index (κ3) is 9.14. The van der Waals surface area contributed by atoms with Gasteiger partial charge in [0.05, 0.1) is 13.2 Å². The van der Waals surface area contributed by atoms with Gasteiger partial charge in [0.1, 0.15) is 6.54 Å². The van der Waals surface area contributed by atoms with Crippen LogP contribution in [0.2, 0.25) is 0 Å². The molecule has 0 saturated carbocycles. The zero-order valence-electron chi connectivity index (χ0n) is 18.3. The van der Waals surface area contributed by atoms with E-state index in [1.807, 2.05) is 0 Å². The zero-order chi connectivity index (χ0) is 21.1. The summed E-state index contributed by atoms with van der Waals surface area (Å²) in [7, 11) is 3.51. The van der Waals surface area contributed by atoms with Crippen molar-refractivity contribution in [2.24, 2.45) is 10.9 Å². The number of hydrogen-bond acceptors (Lipinski definition) is 5. The molecule has 29 heavy (non-hydrogen) atoms. The lowest BCUT2D eigenvalue weighted by Crippen LogP contribution is -2.51. The highest BCUT2D eigenvalue weighted by molar-refractivity contribution is 7.09. The highest BCUT2D eigenvalue weighted by Gasteiger charge is 2.22. The van der Waals surface area contributed by atoms with Crippen LogP contribution in [0.15, 0.2) is 22.5 Å². The molecule has 1 aliphatic rings. The topological polar surface area (TPSA) is 69.2 Å². The van der Waals surface area contributed by atoms with Crippen LogP contribution in [-0.4, -0.2) is 87.7 Å². The van der Waals surface area contributed by atoms with Crippen LogP contribution < -0.4 is 10.6 Å². The van der Waals surface area contributed by atoms with Gasteiger partial charge in [0.25, 0.3) is 0 Å². The second kappa shape index (κ2) is 12.8. The fraction of sp³-hybridized carbons (Fsp3) is 0.714. The molecule has 0 bridgehead atoms. The third-order valence-corrected chi connectivity index (χ3v) is 5.86. The van der Waals surface area contributed by atoms with Gasteiger partial charge in [0, 0.05) is 51.2 Å². The molecule has 1 amide bonds. The summed E-state index contributed by atoms with van der Waals surface area (Å²) in [6, 6.07) is 4.64. The Labute approximate surface area is 179 Å². The van der Waals surface area contributed by atoms with Crippen molar-refractivity contribution >= 4 is 23.2 Å². The van der Waals surface area contributed by atoms with Gasteiger partial charge in [0.2, 0.25) is 5.91 Å². The van der Waals surface area contributed by atoms with Gasteiger partial charge >= 0.3 is 0 Å². The Bertz CT molecular complexity index is 613. The lowest BCUT2D eigenvalue weighted by molar-refractivity contribution is -0.127. The summed E-state index contributed by atoms with van der Waals surface area (Å²) in [4.78, 5) is 21.9. The van der Waals surface area contributed by atoms with Gasteiger partial charge in [-0.15, -0.1) is 11.3 Å². The monoisotopic (exact) mass is 423 g/mol. The molecule has 1 aromatic rings. The summed E-state index contributed by atoms with van der Waals surface area (Å²) in [5.41, 5.74) is 0. The fourth-order valence-electron chi connectivity index (χ4n) is 3.28. The molecule has 2 N–H and O–H groups in total. The minimum atomic E-state index is -0.00346. The Morgan fingerprint density at radius 3 is 2.69 bits per heavy atom. The molecule has 0 radical (unpaired) electrons. The van der Waals surface area contributed by atoms with Crippen molar-refractivity contribution in [3.05, 3.63) is 22.4 Å². The lowest BCUT2D eigenvalue weighted by Gasteiger charge is -2.35. The molecule has 1 atom stereocenters. The minimum Gasteiger partial charge on any atom is -0.379 e. The number of amides is 1. The van der Waals surface area contributed by atoms with Crippen molar-refractivity contribution in [2.75, 3.05) is 60.0 Å². The molecular formula is C21H37N5O2S. The first-order valence-corrected chi connectivity index (χ1v) is 11.4. The normalized spacial score (nSPS) is 16.7. The maximum absolute atomic E-state index is 12.0. The van der Waals surface area contributed by atoms with Crippen LogP contribution in [0.25, 0.3) is 0 Å². The van der Waals surface area contributed by atoms with Gasteiger partial charge in [-0.2, -0.15) is 0 Å². The van der Waals surface area contributed by atoms with Crippen LogP contribution in [0.3, 0.4) is 0 Å². The molecule has 1 aromatic heterocycles. The average molecular weight is 424 g/mol. The first-order chi connectivity index (χ1) is 14.0. The van der Waals surface area contributed by atoms with E-state index in [1.54, 1.807) is 30.3 Å². The fourth-order valence-corrected chi connectivity index (χ4v) is 3.99. The van der Waals surface area contributed by atoms with E-state index < -0.39 is 0 Å². The third-order valence-electron chi connectivity index (χ3n) is 4.93. The number of rotatable bonds is 10. The van der Waals surface area contributed by atoms with E-state index in [4.69, 9.17) is 4.74 Å². The van der Waals surface area contributed by atoms with Crippen molar-refractivity contribution in [1.29, 1.82) is 0 Å². The molecule has 1 saturated heterocycles. The summed E-state index contributed by atoms with van der Waals surface area (Å²) >= 11 is 1.76. The van der Waals surface area contributed by atoms with Gasteiger partial charge < -0.3 is 20.3 Å². The van der Waals surface area contributed by atoms with Crippen molar-refractivity contribution in [2.45, 2.75) is 32.7 Å². The number of ether oxygens (including phenoxy) is 1. The summed E-state index contributed by atoms with van der Waals surface area (Å²) in [5.74, 6) is 1.32. The van der Waals surface area contributed by atoms with Crippen LogP contribution in [0.5, 0.6) is 0 Å². The maximum atomic E-state index is 12.0. The molecule has 164 valence electrons. The first kappa shape index (κ1) is 23.6. The maximum Gasteiger partial charge on any atom is 0.243 e. The summed E-state index contributed by atoms with van der Waals surface area (Å²) < 4.78 is 5.52. The van der Waals surface area contributed by atoms with E-state index in [9.17, 15) is 4.79 Å². The average Bonchev–Trinajstić information content (AvgIpc) is 3.22. The van der Waals surface area contributed by atoms with Crippen LogP contribution >= 0.6 is 11.3 Å². The summed E-state index contributed by atoms with van der Waals surface area (Å²) in [5, 5.41) is 8.98. The number of morpholine rings is 1. The second-order valence-electron chi connectivity index (χ2n) is 8.02. The Balaban J connectivity index is 1.94. The minimum absolute atomic E-state index is 0.00346. The Morgan fingerprint density at radius 1 is 1.31 bits per heavy atom. The smallest absolute Gasteiger partial charge is 0.243 e. The Kier molecular flexibility index (Phi) is 10.5. The van der Waals surface area contributed by atoms with E-state index in [2.05, 4.69) is 51.9 Å². The van der Waals surface area contributed by atoms with Gasteiger partial charge in [-0.3, -0.25) is 9.69 Å². The zero-order valence-corrected chi connectivity index (χ0v) is 19.1. The van der Waals surface area contributed by atoms with Crippen LogP contribution in [0.1, 0.15) is 25.1 Å². The lowest BCUT2D eigenvalue weighted by atomic mass is 10.0. The molecule has 1 fully saturated rings. The largest absolute Gasteiger partial charge is 0.379 e. The molecule has 7 nitrogen and oxygen atoms in total. The van der Waals surface area contributed by atoms with Gasteiger partial charge in [-0.25, -0.2) is 4.99 Å². The van der Waals surface area contributed by atoms with Crippen molar-refractivity contribution in [1.82, 2.24) is 20.4 Å². The van der Waals surface area contributed by atoms with Crippen molar-refractivity contribution in [3.63, 3.8) is 0 Å². The number of aliphatic imine (C=N–C) groups is 1. The number of thiophene rings is 1. The van der Waals surface area contributed by atoms with E-state index >= 15 is 0 Å². The van der Waals surface area contributed by atoms with Crippen molar-refractivity contribution in [3.8, 4) is 0 Å². The number of hydrogen-bond donors (Lipinski definition) is 2. The summed E-state index contributed by atoms with van der Waals surface area (Å²) in [6.45, 7) is 9.79. The van der Waals surface area contributed by atoms with E-state index in [1.165, 1.54) is 4.88 Å². The van der Waals surface area contributed by atoms with E-state index in [-0.39, 0.29) is 12.5 Å². The molecule has 1 aliphatic heterocycles. The van der Waals surface area contributed by atoms with E-state index in [0.29, 0.717) is 17.9 Å². The second-order valence-corrected chi connectivity index (χ2v) is 9.05. The van der Waals surface area contributed by atoms with E-state index in [0.717, 1.165) is 52.2 Å². The van der Waals surface area contributed by atoms with Crippen LogP contribution in [0, 0.1) is 5.92 Å². The molecule has 1 unspecified atom stereocenters. The predicted molar refractivity (Wildman–Crippen MR) is 121 cm³/mol. The summed E-state index contributed by atoms with van der Waals surface area (Å²) in [6.07, 6.45) is 2.06. The van der Waals surface area contributed by atoms with Crippen LogP contribution in [-0.2, 0) is 16.0 Å². The number of nitrogens with one attached hydrogen (secondary N) is 2. The molecule has 2 heterocycles. The van der Waals surface area contributed by atoms with Gasteiger partial charge in [0.15, 0.2) is 5.96 Å². The molecule has 0 aromatic carbocycles. The van der Waals surface area contributed by atoms with Crippen molar-refractivity contribution < 1.29 is 9.53 Å². The highest BCUT2D eigenvalue weighted by Crippen LogP contribution is 2.13. The SMILES string of the molecule is CC(C)CC(CNC(=NCC(=O)N(C)C)NCCc1cccs1)N1CCOCC1. The number of guanidine groups is 1. The highest BCUT2D eigenvalue weighted by atomic mass is 32.1. The number of carbonyl (C=O) groups is 1. The quantitative estimate of drug-likeness (QED) is 0.443. The number of nitrogens with zero attached hydrogens (tertiary/aromatic N) is 3. The molecule has 8 heteroatoms. The number of carbonyl (C=O) groups excluding carboxylic acids is 1.